The molecule has 1 saturated heterocycles. The highest BCUT2D eigenvalue weighted by molar-refractivity contribution is 6.34. The molecular formula is C18H24ClN4O3+. The van der Waals surface area contributed by atoms with Gasteiger partial charge in [-0.25, -0.2) is 9.69 Å². The Morgan fingerprint density at radius 3 is 2.65 bits per heavy atom. The van der Waals surface area contributed by atoms with Crippen LogP contribution in [-0.4, -0.2) is 50.2 Å². The highest BCUT2D eigenvalue weighted by Crippen LogP contribution is 2.23. The lowest BCUT2D eigenvalue weighted by Gasteiger charge is -2.28. The summed E-state index contributed by atoms with van der Waals surface area (Å²) in [7, 11) is 0. The Hall–Kier alpha value is -2.25. The van der Waals surface area contributed by atoms with Crippen molar-refractivity contribution in [2.75, 3.05) is 31.1 Å². The Bertz CT molecular complexity index is 703. The molecule has 1 aliphatic heterocycles. The Kier molecular flexibility index (Phi) is 7.29. The Balaban J connectivity index is 2.04. The number of carbonyl (C=O) groups is 3. The van der Waals surface area contributed by atoms with E-state index in [1.165, 1.54) is 17.2 Å². The first-order valence-electron chi connectivity index (χ1n) is 8.75. The molecule has 0 aliphatic carbocycles. The molecule has 1 aromatic rings. The number of amides is 4. The number of anilines is 1. The number of carbonyl (C=O) groups excluding carboxylic acids is 3. The van der Waals surface area contributed by atoms with Gasteiger partial charge in [-0.05, 0) is 32.0 Å². The number of nitrogens with one attached hydrogen (secondary N) is 2. The molecule has 1 aliphatic rings. The van der Waals surface area contributed by atoms with E-state index in [9.17, 15) is 14.4 Å². The molecule has 2 N–H and O–H groups in total. The molecule has 0 spiro atoms. The van der Waals surface area contributed by atoms with Gasteiger partial charge in [0, 0.05) is 24.2 Å². The average Bonchev–Trinajstić information content (AvgIpc) is 2.60. The molecule has 1 atom stereocenters. The number of halogens is 1. The predicted molar refractivity (Wildman–Crippen MR) is 101 cm³/mol. The van der Waals surface area contributed by atoms with Crippen molar-refractivity contribution < 1.29 is 19.3 Å². The summed E-state index contributed by atoms with van der Waals surface area (Å²) in [5.74, 6) is -2.40. The van der Waals surface area contributed by atoms with E-state index in [1.807, 2.05) is 0 Å². The zero-order chi connectivity index (χ0) is 19.1. The van der Waals surface area contributed by atoms with Crippen LogP contribution in [0.1, 0.15) is 20.3 Å². The van der Waals surface area contributed by atoms with Crippen molar-refractivity contribution in [1.82, 2.24) is 5.32 Å². The second-order valence-corrected chi connectivity index (χ2v) is 6.48. The van der Waals surface area contributed by atoms with E-state index in [1.54, 1.807) is 18.2 Å². The van der Waals surface area contributed by atoms with Gasteiger partial charge in [-0.1, -0.05) is 17.7 Å². The molecular weight excluding hydrogens is 356 g/mol. The summed E-state index contributed by atoms with van der Waals surface area (Å²) in [4.78, 5) is 43.3. The highest BCUT2D eigenvalue weighted by atomic mass is 35.5. The summed E-state index contributed by atoms with van der Waals surface area (Å²) in [6, 6.07) is 5.57. The maximum Gasteiger partial charge on any atom is 0.335 e. The molecule has 1 unspecified atom stereocenters. The molecule has 4 amide bonds. The number of hydrogen-bond donors (Lipinski definition) is 2. The largest absolute Gasteiger partial charge is 0.335 e. The van der Waals surface area contributed by atoms with Crippen molar-refractivity contribution in [3.8, 4) is 0 Å². The number of barbiturate groups is 1. The fourth-order valence-corrected chi connectivity index (χ4v) is 2.97. The highest BCUT2D eigenvalue weighted by Gasteiger charge is 2.40. The van der Waals surface area contributed by atoms with Crippen LogP contribution >= 0.6 is 11.6 Å². The molecule has 140 valence electrons. The van der Waals surface area contributed by atoms with Crippen molar-refractivity contribution in [2.45, 2.75) is 20.3 Å². The van der Waals surface area contributed by atoms with Crippen molar-refractivity contribution in [3.63, 3.8) is 0 Å². The van der Waals surface area contributed by atoms with Crippen LogP contribution in [0.15, 0.2) is 29.3 Å². The molecule has 0 saturated carbocycles. The molecule has 7 nitrogen and oxygen atoms in total. The van der Waals surface area contributed by atoms with E-state index in [0.29, 0.717) is 17.3 Å². The lowest BCUT2D eigenvalue weighted by molar-refractivity contribution is -0.896. The van der Waals surface area contributed by atoms with Gasteiger partial charge in [0.05, 0.1) is 25.3 Å². The summed E-state index contributed by atoms with van der Waals surface area (Å²) in [6.07, 6.45) is 2.20. The molecule has 0 bridgehead atoms. The van der Waals surface area contributed by atoms with Crippen LogP contribution in [0.2, 0.25) is 5.02 Å². The summed E-state index contributed by atoms with van der Waals surface area (Å²) in [6.45, 7) is 7.90. The Labute approximate surface area is 158 Å². The van der Waals surface area contributed by atoms with Gasteiger partial charge in [-0.15, -0.1) is 0 Å². The zero-order valence-corrected chi connectivity index (χ0v) is 15.8. The van der Waals surface area contributed by atoms with Crippen LogP contribution in [0, 0.1) is 5.92 Å². The molecule has 0 radical (unpaired) electrons. The predicted octanol–water partition coefficient (Wildman–Crippen LogP) is 0.925. The molecule has 26 heavy (non-hydrogen) atoms. The van der Waals surface area contributed by atoms with Crippen LogP contribution in [-0.2, 0) is 9.59 Å². The third-order valence-electron chi connectivity index (χ3n) is 4.34. The summed E-state index contributed by atoms with van der Waals surface area (Å²) >= 11 is 5.93. The quantitative estimate of drug-likeness (QED) is 0.400. The van der Waals surface area contributed by atoms with E-state index in [0.717, 1.165) is 31.0 Å². The standard InChI is InChI=1S/C18H23ClN4O3/c1-3-22(4-2)10-6-9-20-12-15-16(24)21-18(26)23(17(15)25)14-8-5-7-13(19)11-14/h5,7-8,11-12,15H,3-4,6,9-10H2,1-2H3,(H,21,24,26)/p+1. The third kappa shape index (κ3) is 4.89. The zero-order valence-electron chi connectivity index (χ0n) is 15.0. The number of imide groups is 2. The van der Waals surface area contributed by atoms with E-state index >= 15 is 0 Å². The number of hydrogen-bond acceptors (Lipinski definition) is 4. The number of benzene rings is 1. The minimum atomic E-state index is -1.12. The van der Waals surface area contributed by atoms with Gasteiger partial charge in [0.15, 0.2) is 5.92 Å². The van der Waals surface area contributed by atoms with E-state index < -0.39 is 23.8 Å². The van der Waals surface area contributed by atoms with Gasteiger partial charge in [0.1, 0.15) is 0 Å². The first-order chi connectivity index (χ1) is 12.5. The minimum absolute atomic E-state index is 0.316. The molecule has 8 heteroatoms. The second kappa shape index (κ2) is 9.45. The maximum absolute atomic E-state index is 12.6. The minimum Gasteiger partial charge on any atom is -0.335 e. The molecule has 0 aromatic heterocycles. The van der Waals surface area contributed by atoms with Gasteiger partial charge >= 0.3 is 6.03 Å². The van der Waals surface area contributed by atoms with E-state index in [4.69, 9.17) is 11.6 Å². The van der Waals surface area contributed by atoms with Crippen molar-refractivity contribution in [2.24, 2.45) is 10.9 Å². The van der Waals surface area contributed by atoms with E-state index in [2.05, 4.69) is 24.2 Å². The average molecular weight is 380 g/mol. The number of urea groups is 1. The SMILES string of the molecule is CC[NH+](CC)CCCN=CC1C(=O)NC(=O)N(c2cccc(Cl)c2)C1=O. The first-order valence-corrected chi connectivity index (χ1v) is 9.13. The van der Waals surface area contributed by atoms with Crippen molar-refractivity contribution in [1.29, 1.82) is 0 Å². The maximum atomic E-state index is 12.6. The Morgan fingerprint density at radius 2 is 2.00 bits per heavy atom. The van der Waals surface area contributed by atoms with Gasteiger partial charge in [0.25, 0.3) is 5.91 Å². The summed E-state index contributed by atoms with van der Waals surface area (Å²) < 4.78 is 0. The van der Waals surface area contributed by atoms with Crippen LogP contribution in [0.5, 0.6) is 0 Å². The third-order valence-corrected chi connectivity index (χ3v) is 4.58. The van der Waals surface area contributed by atoms with Crippen molar-refractivity contribution in [3.05, 3.63) is 29.3 Å². The topological polar surface area (TPSA) is 83.3 Å². The normalized spacial score (nSPS) is 18.1. The fraction of sp³-hybridized carbons (Fsp3) is 0.444. The molecule has 1 heterocycles. The number of nitrogens with zero attached hydrogens (tertiary/aromatic N) is 2. The lowest BCUT2D eigenvalue weighted by Crippen LogP contribution is -3.11. The summed E-state index contributed by atoms with van der Waals surface area (Å²) in [5, 5.41) is 2.59. The number of aliphatic imine (C=N–C) groups is 1. The smallest absolute Gasteiger partial charge is 0.335 e. The van der Waals surface area contributed by atoms with E-state index in [-0.39, 0.29) is 0 Å². The van der Waals surface area contributed by atoms with Crippen LogP contribution < -0.4 is 15.1 Å². The van der Waals surface area contributed by atoms with Gasteiger partial charge in [-0.3, -0.25) is 19.9 Å². The fourth-order valence-electron chi connectivity index (χ4n) is 2.79. The number of rotatable bonds is 8. The molecule has 2 rings (SSSR count). The van der Waals surface area contributed by atoms with Crippen LogP contribution in [0.3, 0.4) is 0 Å². The second-order valence-electron chi connectivity index (χ2n) is 6.04. The summed E-state index contributed by atoms with van der Waals surface area (Å²) in [5.41, 5.74) is 0.316. The van der Waals surface area contributed by atoms with Crippen molar-refractivity contribution >= 4 is 41.3 Å². The monoisotopic (exact) mass is 379 g/mol. The van der Waals surface area contributed by atoms with Gasteiger partial charge in [0.2, 0.25) is 5.91 Å². The molecule has 1 aromatic carbocycles. The molecule has 1 fully saturated rings. The van der Waals surface area contributed by atoms with Crippen LogP contribution in [0.4, 0.5) is 10.5 Å². The van der Waals surface area contributed by atoms with Crippen LogP contribution in [0.25, 0.3) is 0 Å². The first kappa shape index (κ1) is 20.1. The Morgan fingerprint density at radius 1 is 1.27 bits per heavy atom. The van der Waals surface area contributed by atoms with Gasteiger partial charge in [-0.2, -0.15) is 0 Å². The number of quaternary nitrogens is 1. The lowest BCUT2D eigenvalue weighted by atomic mass is 10.1. The van der Waals surface area contributed by atoms with Gasteiger partial charge < -0.3 is 4.90 Å².